The third kappa shape index (κ3) is 2.23. The van der Waals surface area contributed by atoms with E-state index in [1.165, 1.54) is 6.26 Å². The standard InChI is InChI=1S/C8H14N2OS/c1-3-8-4-6-10(7-5-8)12(2,9)11/h1,8-9H,4-7H2,2H3. The molecule has 1 aliphatic heterocycles. The molecule has 0 aromatic rings. The molecule has 0 radical (unpaired) electrons. The van der Waals surface area contributed by atoms with E-state index in [1.54, 1.807) is 4.31 Å². The van der Waals surface area contributed by atoms with Crippen LogP contribution in [0.2, 0.25) is 0 Å². The number of rotatable bonds is 1. The van der Waals surface area contributed by atoms with Gasteiger partial charge in [0, 0.05) is 25.3 Å². The lowest BCUT2D eigenvalue weighted by molar-refractivity contribution is 0.323. The van der Waals surface area contributed by atoms with Crippen LogP contribution in [0.25, 0.3) is 0 Å². The first-order valence-corrected chi connectivity index (χ1v) is 5.91. The maximum Gasteiger partial charge on any atom is 0.104 e. The highest BCUT2D eigenvalue weighted by Gasteiger charge is 2.21. The smallest absolute Gasteiger partial charge is 0.104 e. The van der Waals surface area contributed by atoms with Gasteiger partial charge in [-0.15, -0.1) is 12.3 Å². The van der Waals surface area contributed by atoms with Gasteiger partial charge in [0.05, 0.1) is 0 Å². The highest BCUT2D eigenvalue weighted by Crippen LogP contribution is 2.17. The normalized spacial score (nSPS) is 26.0. The Morgan fingerprint density at radius 2 is 2.08 bits per heavy atom. The Bertz CT molecular complexity index is 281. The second kappa shape index (κ2) is 3.46. The fourth-order valence-electron chi connectivity index (χ4n) is 1.37. The number of nitrogens with one attached hydrogen (secondary N) is 1. The van der Waals surface area contributed by atoms with Crippen LogP contribution in [-0.4, -0.2) is 27.9 Å². The van der Waals surface area contributed by atoms with E-state index in [1.807, 2.05) is 0 Å². The van der Waals surface area contributed by atoms with Crippen molar-refractivity contribution in [2.24, 2.45) is 5.92 Å². The summed E-state index contributed by atoms with van der Waals surface area (Å²) in [6.07, 6.45) is 8.48. The number of hydrogen-bond acceptors (Lipinski definition) is 2. The van der Waals surface area contributed by atoms with Crippen molar-refractivity contribution in [3.8, 4) is 12.3 Å². The highest BCUT2D eigenvalue weighted by molar-refractivity contribution is 7.89. The Balaban J connectivity index is 2.54. The van der Waals surface area contributed by atoms with E-state index in [0.717, 1.165) is 12.8 Å². The molecule has 0 amide bonds. The minimum Gasteiger partial charge on any atom is -0.240 e. The Labute approximate surface area is 74.3 Å². The van der Waals surface area contributed by atoms with Crippen molar-refractivity contribution >= 4 is 9.92 Å². The molecule has 12 heavy (non-hydrogen) atoms. The van der Waals surface area contributed by atoms with Crippen LogP contribution >= 0.6 is 0 Å². The Morgan fingerprint density at radius 1 is 1.58 bits per heavy atom. The molecule has 0 aromatic carbocycles. The summed E-state index contributed by atoms with van der Waals surface area (Å²) < 4.78 is 20.3. The lowest BCUT2D eigenvalue weighted by atomic mass is 10.00. The summed E-state index contributed by atoms with van der Waals surface area (Å²) in [5, 5.41) is 0. The molecule has 1 aliphatic rings. The molecule has 3 nitrogen and oxygen atoms in total. The van der Waals surface area contributed by atoms with E-state index in [-0.39, 0.29) is 0 Å². The van der Waals surface area contributed by atoms with E-state index >= 15 is 0 Å². The number of terminal acetylenes is 1. The fraction of sp³-hybridized carbons (Fsp3) is 0.750. The van der Waals surface area contributed by atoms with Crippen LogP contribution in [0, 0.1) is 23.0 Å². The summed E-state index contributed by atoms with van der Waals surface area (Å²) in [6, 6.07) is 0. The zero-order chi connectivity index (χ0) is 9.19. The summed E-state index contributed by atoms with van der Waals surface area (Å²) in [7, 11) is -2.49. The molecule has 0 saturated carbocycles. The molecule has 1 heterocycles. The van der Waals surface area contributed by atoms with Crippen LogP contribution in [0.3, 0.4) is 0 Å². The topological polar surface area (TPSA) is 44.2 Å². The SMILES string of the molecule is C#CC1CCN(S(C)(=N)=O)CC1. The molecule has 1 unspecified atom stereocenters. The highest BCUT2D eigenvalue weighted by atomic mass is 32.2. The van der Waals surface area contributed by atoms with Crippen molar-refractivity contribution in [3.05, 3.63) is 0 Å². The third-order valence-electron chi connectivity index (χ3n) is 2.18. The molecule has 1 N–H and O–H groups in total. The van der Waals surface area contributed by atoms with Gasteiger partial charge in [0.2, 0.25) is 0 Å². The van der Waals surface area contributed by atoms with Crippen LogP contribution in [0.1, 0.15) is 12.8 Å². The molecule has 0 aliphatic carbocycles. The molecule has 68 valence electrons. The Morgan fingerprint density at radius 3 is 2.42 bits per heavy atom. The first-order chi connectivity index (χ1) is 5.54. The molecule has 1 rings (SSSR count). The zero-order valence-corrected chi connectivity index (χ0v) is 8.06. The average molecular weight is 186 g/mol. The lowest BCUT2D eigenvalue weighted by Gasteiger charge is -2.29. The molecular formula is C8H14N2OS. The van der Waals surface area contributed by atoms with Crippen molar-refractivity contribution in [1.82, 2.24) is 4.31 Å². The molecule has 1 saturated heterocycles. The molecule has 0 bridgehead atoms. The number of piperidine rings is 1. The predicted molar refractivity (Wildman–Crippen MR) is 49.9 cm³/mol. The van der Waals surface area contributed by atoms with Gasteiger partial charge in [-0.1, -0.05) is 0 Å². The molecule has 4 heteroatoms. The van der Waals surface area contributed by atoms with Crippen molar-refractivity contribution in [2.75, 3.05) is 19.3 Å². The fourth-order valence-corrected chi connectivity index (χ4v) is 2.28. The molecule has 1 fully saturated rings. The maximum atomic E-state index is 11.3. The summed E-state index contributed by atoms with van der Waals surface area (Å²) in [5.74, 6) is 3.02. The van der Waals surface area contributed by atoms with Gasteiger partial charge < -0.3 is 0 Å². The van der Waals surface area contributed by atoms with Crippen LogP contribution in [0.5, 0.6) is 0 Å². The molecular weight excluding hydrogens is 172 g/mol. The minimum absolute atomic E-state index is 0.322. The molecule has 0 spiro atoms. The monoisotopic (exact) mass is 186 g/mol. The van der Waals surface area contributed by atoms with Crippen molar-refractivity contribution in [3.63, 3.8) is 0 Å². The van der Waals surface area contributed by atoms with Gasteiger partial charge in [-0.3, -0.25) is 0 Å². The van der Waals surface area contributed by atoms with E-state index in [2.05, 4.69) is 5.92 Å². The second-order valence-corrected chi connectivity index (χ2v) is 5.29. The van der Waals surface area contributed by atoms with Crippen LogP contribution < -0.4 is 0 Å². The van der Waals surface area contributed by atoms with Crippen molar-refractivity contribution in [2.45, 2.75) is 12.8 Å². The first kappa shape index (κ1) is 9.56. The van der Waals surface area contributed by atoms with Crippen molar-refractivity contribution < 1.29 is 4.21 Å². The number of nitrogens with zero attached hydrogens (tertiary/aromatic N) is 1. The molecule has 1 atom stereocenters. The van der Waals surface area contributed by atoms with Crippen LogP contribution in [0.4, 0.5) is 0 Å². The summed E-state index contributed by atoms with van der Waals surface area (Å²) in [5.41, 5.74) is 0. The average Bonchev–Trinajstić information content (AvgIpc) is 2.03. The van der Waals surface area contributed by atoms with Crippen molar-refractivity contribution in [1.29, 1.82) is 4.78 Å². The van der Waals surface area contributed by atoms with E-state index in [9.17, 15) is 4.21 Å². The quantitative estimate of drug-likeness (QED) is 0.608. The van der Waals surface area contributed by atoms with Crippen LogP contribution in [-0.2, 0) is 9.92 Å². The number of hydrogen-bond donors (Lipinski definition) is 1. The lowest BCUT2D eigenvalue weighted by Crippen LogP contribution is -2.36. The first-order valence-electron chi connectivity index (χ1n) is 3.99. The summed E-state index contributed by atoms with van der Waals surface area (Å²) in [6.45, 7) is 1.40. The summed E-state index contributed by atoms with van der Waals surface area (Å²) >= 11 is 0. The second-order valence-electron chi connectivity index (χ2n) is 3.17. The van der Waals surface area contributed by atoms with Gasteiger partial charge in [-0.05, 0) is 12.8 Å². The Hall–Kier alpha value is -0.530. The van der Waals surface area contributed by atoms with Gasteiger partial charge in [0.25, 0.3) is 0 Å². The van der Waals surface area contributed by atoms with E-state index in [4.69, 9.17) is 11.2 Å². The third-order valence-corrected chi connectivity index (χ3v) is 3.53. The predicted octanol–water partition coefficient (Wildman–Crippen LogP) is 0.923. The van der Waals surface area contributed by atoms with Gasteiger partial charge >= 0.3 is 0 Å². The maximum absolute atomic E-state index is 11.3. The summed E-state index contributed by atoms with van der Waals surface area (Å²) in [4.78, 5) is 0. The van der Waals surface area contributed by atoms with Gasteiger partial charge in [0.15, 0.2) is 0 Å². The molecule has 0 aromatic heterocycles. The Kier molecular flexibility index (Phi) is 2.76. The van der Waals surface area contributed by atoms with Crippen LogP contribution in [0.15, 0.2) is 0 Å². The van der Waals surface area contributed by atoms with E-state index in [0.29, 0.717) is 19.0 Å². The van der Waals surface area contributed by atoms with Gasteiger partial charge in [-0.2, -0.15) is 0 Å². The van der Waals surface area contributed by atoms with Gasteiger partial charge in [-0.25, -0.2) is 13.3 Å². The van der Waals surface area contributed by atoms with E-state index < -0.39 is 9.92 Å². The largest absolute Gasteiger partial charge is 0.240 e. The zero-order valence-electron chi connectivity index (χ0n) is 7.25. The minimum atomic E-state index is -2.49. The van der Waals surface area contributed by atoms with Gasteiger partial charge in [0.1, 0.15) is 9.92 Å².